The van der Waals surface area contributed by atoms with Gasteiger partial charge in [0.15, 0.2) is 5.76 Å². The van der Waals surface area contributed by atoms with Gasteiger partial charge in [0.25, 0.3) is 5.91 Å². The number of benzene rings is 2. The van der Waals surface area contributed by atoms with E-state index in [-0.39, 0.29) is 11.6 Å². The maximum atomic E-state index is 13.2. The highest BCUT2D eigenvalue weighted by Gasteiger charge is 2.29. The van der Waals surface area contributed by atoms with E-state index in [0.717, 1.165) is 27.7 Å². The minimum Gasteiger partial charge on any atom is -0.451 e. The van der Waals surface area contributed by atoms with Crippen molar-refractivity contribution in [2.45, 2.75) is 13.8 Å². The summed E-state index contributed by atoms with van der Waals surface area (Å²) in [7, 11) is 0. The molecule has 170 valence electrons. The van der Waals surface area contributed by atoms with E-state index < -0.39 is 0 Å². The smallest absolute Gasteiger partial charge is 0.290 e. The number of fused-ring (bicyclic) bond motifs is 1. The van der Waals surface area contributed by atoms with Crippen LogP contribution >= 0.6 is 0 Å². The van der Waals surface area contributed by atoms with Crippen LogP contribution in [0.1, 0.15) is 38.8 Å². The van der Waals surface area contributed by atoms with Crippen molar-refractivity contribution in [2.75, 3.05) is 31.1 Å². The summed E-state index contributed by atoms with van der Waals surface area (Å²) in [6.07, 6.45) is 3.65. The minimum absolute atomic E-state index is 0.115. The Hall–Kier alpha value is -4.31. The number of oxazole rings is 1. The van der Waals surface area contributed by atoms with Gasteiger partial charge in [0.2, 0.25) is 17.5 Å². The fourth-order valence-electron chi connectivity index (χ4n) is 4.21. The summed E-state index contributed by atoms with van der Waals surface area (Å²) in [5.74, 6) is 1.09. The molecule has 1 saturated heterocycles. The molecule has 0 saturated carbocycles. The van der Waals surface area contributed by atoms with Gasteiger partial charge in [-0.3, -0.25) is 4.79 Å². The van der Waals surface area contributed by atoms with Crippen LogP contribution in [0.3, 0.4) is 0 Å². The Morgan fingerprint density at radius 2 is 1.79 bits per heavy atom. The lowest BCUT2D eigenvalue weighted by molar-refractivity contribution is 0.0714. The first-order valence-corrected chi connectivity index (χ1v) is 11.2. The van der Waals surface area contributed by atoms with Crippen LogP contribution in [0.15, 0.2) is 57.4 Å². The Bertz CT molecular complexity index is 1420. The Morgan fingerprint density at radius 1 is 1.03 bits per heavy atom. The number of hydrogen-bond donors (Lipinski definition) is 0. The number of anilines is 1. The van der Waals surface area contributed by atoms with Gasteiger partial charge < -0.3 is 18.6 Å². The molecule has 0 spiro atoms. The normalized spacial score (nSPS) is 14.1. The van der Waals surface area contributed by atoms with Crippen LogP contribution < -0.4 is 4.90 Å². The molecular weight excluding hydrogens is 428 g/mol. The van der Waals surface area contributed by atoms with Crippen LogP contribution in [0.25, 0.3) is 23.1 Å². The molecule has 0 radical (unpaired) electrons. The van der Waals surface area contributed by atoms with Crippen molar-refractivity contribution in [3.63, 3.8) is 0 Å². The van der Waals surface area contributed by atoms with Crippen LogP contribution in [-0.4, -0.2) is 42.0 Å². The van der Waals surface area contributed by atoms with Crippen molar-refractivity contribution >= 4 is 34.9 Å². The second-order valence-corrected chi connectivity index (χ2v) is 8.40. The van der Waals surface area contributed by atoms with Crippen LogP contribution in [-0.2, 0) is 0 Å². The number of aromatic nitrogens is 1. The molecule has 0 unspecified atom stereocenters. The molecule has 1 aliphatic rings. The first kappa shape index (κ1) is 21.5. The number of nitrogens with zero attached hydrogens (tertiary/aromatic N) is 4. The third-order valence-corrected chi connectivity index (χ3v) is 6.09. The summed E-state index contributed by atoms with van der Waals surface area (Å²) in [6.45, 7) is 5.98. The molecule has 1 amide bonds. The monoisotopic (exact) mass is 452 g/mol. The second kappa shape index (κ2) is 8.91. The molecule has 5 rings (SSSR count). The number of furan rings is 1. The van der Waals surface area contributed by atoms with Crippen molar-refractivity contribution in [3.8, 4) is 6.07 Å². The lowest BCUT2D eigenvalue weighted by Gasteiger charge is -2.34. The molecule has 3 heterocycles. The SMILES string of the molecule is Cc1ccc2c(C)c(C(=O)N3CCN(c4oc(C=Cc5ccccc5)nc4C#N)CC3)oc2c1. The zero-order chi connectivity index (χ0) is 23.7. The van der Waals surface area contributed by atoms with Gasteiger partial charge in [0, 0.05) is 43.2 Å². The van der Waals surface area contributed by atoms with Gasteiger partial charge in [0.05, 0.1) is 0 Å². The molecular formula is C27H24N4O3. The number of rotatable bonds is 4. The number of amides is 1. The number of carbonyl (C=O) groups excluding carboxylic acids is 1. The van der Waals surface area contributed by atoms with Crippen LogP contribution in [0.2, 0.25) is 0 Å². The summed E-state index contributed by atoms with van der Waals surface area (Å²) in [6, 6.07) is 17.9. The van der Waals surface area contributed by atoms with E-state index in [9.17, 15) is 10.1 Å². The molecule has 4 aromatic rings. The number of piperazine rings is 1. The van der Waals surface area contributed by atoms with Crippen molar-refractivity contribution in [2.24, 2.45) is 0 Å². The van der Waals surface area contributed by atoms with E-state index in [1.54, 1.807) is 11.0 Å². The Kier molecular flexibility index (Phi) is 5.64. The van der Waals surface area contributed by atoms with Crippen molar-refractivity contribution in [1.82, 2.24) is 9.88 Å². The highest BCUT2D eigenvalue weighted by atomic mass is 16.4. The average molecular weight is 453 g/mol. The third kappa shape index (κ3) is 4.06. The summed E-state index contributed by atoms with van der Waals surface area (Å²) in [5, 5.41) is 10.5. The first-order valence-electron chi connectivity index (χ1n) is 11.2. The summed E-state index contributed by atoms with van der Waals surface area (Å²) >= 11 is 0. The summed E-state index contributed by atoms with van der Waals surface area (Å²) in [4.78, 5) is 21.2. The quantitative estimate of drug-likeness (QED) is 0.431. The molecule has 0 atom stereocenters. The minimum atomic E-state index is -0.115. The fraction of sp³-hybridized carbons (Fsp3) is 0.222. The number of nitriles is 1. The topological polar surface area (TPSA) is 86.5 Å². The van der Waals surface area contributed by atoms with Crippen molar-refractivity contribution in [3.05, 3.63) is 82.6 Å². The molecule has 2 aromatic heterocycles. The van der Waals surface area contributed by atoms with E-state index in [4.69, 9.17) is 8.83 Å². The van der Waals surface area contributed by atoms with E-state index in [1.165, 1.54) is 0 Å². The first-order chi connectivity index (χ1) is 16.5. The molecule has 2 aromatic carbocycles. The van der Waals surface area contributed by atoms with Gasteiger partial charge in [0.1, 0.15) is 11.7 Å². The Morgan fingerprint density at radius 3 is 2.53 bits per heavy atom. The van der Waals surface area contributed by atoms with Crippen molar-refractivity contribution in [1.29, 1.82) is 5.26 Å². The highest BCUT2D eigenvalue weighted by Crippen LogP contribution is 2.28. The molecule has 0 bridgehead atoms. The van der Waals surface area contributed by atoms with Gasteiger partial charge in [-0.05, 0) is 37.1 Å². The van der Waals surface area contributed by atoms with Crippen LogP contribution in [0.4, 0.5) is 5.88 Å². The zero-order valence-corrected chi connectivity index (χ0v) is 19.1. The Balaban J connectivity index is 1.29. The predicted molar refractivity (Wildman–Crippen MR) is 130 cm³/mol. The maximum Gasteiger partial charge on any atom is 0.290 e. The number of carbonyl (C=O) groups is 1. The molecule has 34 heavy (non-hydrogen) atoms. The predicted octanol–water partition coefficient (Wildman–Crippen LogP) is 5.04. The average Bonchev–Trinajstić information content (AvgIpc) is 3.43. The largest absolute Gasteiger partial charge is 0.451 e. The number of aryl methyl sites for hydroxylation is 2. The Labute approximate surface area is 197 Å². The third-order valence-electron chi connectivity index (χ3n) is 6.09. The highest BCUT2D eigenvalue weighted by molar-refractivity contribution is 5.99. The van der Waals surface area contributed by atoms with Gasteiger partial charge in [-0.25, -0.2) is 0 Å². The maximum absolute atomic E-state index is 13.2. The van der Waals surface area contributed by atoms with E-state index in [1.807, 2.05) is 73.4 Å². The van der Waals surface area contributed by atoms with Gasteiger partial charge in [-0.1, -0.05) is 42.5 Å². The molecule has 0 aliphatic carbocycles. The molecule has 0 N–H and O–H groups in total. The molecule has 7 nitrogen and oxygen atoms in total. The van der Waals surface area contributed by atoms with Gasteiger partial charge in [-0.2, -0.15) is 10.2 Å². The van der Waals surface area contributed by atoms with E-state index in [2.05, 4.69) is 11.1 Å². The zero-order valence-electron chi connectivity index (χ0n) is 19.1. The molecule has 1 aliphatic heterocycles. The van der Waals surface area contributed by atoms with Crippen LogP contribution in [0.5, 0.6) is 0 Å². The van der Waals surface area contributed by atoms with Crippen LogP contribution in [0, 0.1) is 25.2 Å². The lowest BCUT2D eigenvalue weighted by atomic mass is 10.1. The fourth-order valence-corrected chi connectivity index (χ4v) is 4.21. The summed E-state index contributed by atoms with van der Waals surface area (Å²) in [5.41, 5.74) is 3.95. The van der Waals surface area contributed by atoms with E-state index in [0.29, 0.717) is 43.7 Å². The molecule has 7 heteroatoms. The van der Waals surface area contributed by atoms with Gasteiger partial charge >= 0.3 is 0 Å². The second-order valence-electron chi connectivity index (χ2n) is 8.40. The number of hydrogen-bond acceptors (Lipinski definition) is 6. The molecule has 1 fully saturated rings. The van der Waals surface area contributed by atoms with Crippen molar-refractivity contribution < 1.29 is 13.6 Å². The standard InChI is InChI=1S/C27H24N4O3/c1-18-8-10-21-19(2)25(33-23(21)16-18)26(32)30-12-14-31(15-13-30)27-22(17-28)29-24(34-27)11-9-20-6-4-3-5-7-20/h3-11,16H,12-15H2,1-2H3. The lowest BCUT2D eigenvalue weighted by Crippen LogP contribution is -2.49. The van der Waals surface area contributed by atoms with E-state index >= 15 is 0 Å². The van der Waals surface area contributed by atoms with Gasteiger partial charge in [-0.15, -0.1) is 0 Å². The summed E-state index contributed by atoms with van der Waals surface area (Å²) < 4.78 is 11.8.